The maximum Gasteiger partial charge on any atom is 0.416 e. The van der Waals surface area contributed by atoms with Crippen LogP contribution in [0.25, 0.3) is 0 Å². The van der Waals surface area contributed by atoms with E-state index >= 15 is 0 Å². The van der Waals surface area contributed by atoms with Crippen LogP contribution in [0.4, 0.5) is 26.3 Å². The molecule has 1 aliphatic carbocycles. The minimum absolute atomic E-state index is 0.0645. The Morgan fingerprint density at radius 2 is 1.45 bits per heavy atom. The number of benzene rings is 2. The van der Waals surface area contributed by atoms with Gasteiger partial charge in [-0.15, -0.1) is 0 Å². The van der Waals surface area contributed by atoms with Crippen LogP contribution in [0, 0.1) is 0 Å². The fourth-order valence-corrected chi connectivity index (χ4v) is 5.57. The van der Waals surface area contributed by atoms with Gasteiger partial charge in [0.1, 0.15) is 5.78 Å². The maximum atomic E-state index is 13.4. The van der Waals surface area contributed by atoms with Crippen LogP contribution in [0.3, 0.4) is 0 Å². The Hall–Kier alpha value is -2.88. The Kier molecular flexibility index (Phi) is 7.93. The van der Waals surface area contributed by atoms with Gasteiger partial charge in [0, 0.05) is 32.0 Å². The van der Waals surface area contributed by atoms with Gasteiger partial charge in [-0.2, -0.15) is 26.3 Å². The number of hydrogen-bond donors (Lipinski definition) is 1. The number of piperidine rings is 1. The number of likely N-dealkylation sites (tertiary alicyclic amines) is 1. The van der Waals surface area contributed by atoms with Gasteiger partial charge < -0.3 is 5.32 Å². The molecule has 0 unspecified atom stereocenters. The first-order valence-electron chi connectivity index (χ1n) is 12.7. The summed E-state index contributed by atoms with van der Waals surface area (Å²) in [6.07, 6.45) is -6.36. The number of Topliss-reactive ketones (excluding diaryl/α,β-unsaturated/α-hetero) is 1. The van der Waals surface area contributed by atoms with E-state index < -0.39 is 40.8 Å². The summed E-state index contributed by atoms with van der Waals surface area (Å²) in [6.45, 7) is 2.71. The second-order valence-electron chi connectivity index (χ2n) is 10.3. The second kappa shape index (κ2) is 10.7. The van der Waals surface area contributed by atoms with Gasteiger partial charge in [0.05, 0.1) is 22.6 Å². The molecular weight excluding hydrogens is 510 g/mol. The van der Waals surface area contributed by atoms with E-state index in [-0.39, 0.29) is 23.5 Å². The van der Waals surface area contributed by atoms with Crippen LogP contribution >= 0.6 is 0 Å². The van der Waals surface area contributed by atoms with E-state index in [2.05, 4.69) is 10.2 Å². The standard InChI is InChI=1S/C28H30F6N2O2/c1-18(19-15-21(27(29,30)31)17-22(16-19)28(32,33)34)25(38)35-26(20-5-3-2-4-6-20)11-7-23(8-12-26)36-13-9-24(37)10-14-36/h2-6,15-18,23H,7-14H2,1H3,(H,35,38)/t18-,23?,26?/m0/s1. The van der Waals surface area contributed by atoms with Crippen LogP contribution in [0.15, 0.2) is 48.5 Å². The normalized spacial score (nSPS) is 24.2. The minimum atomic E-state index is -4.99. The van der Waals surface area contributed by atoms with Gasteiger partial charge in [0.15, 0.2) is 0 Å². The quantitative estimate of drug-likeness (QED) is 0.444. The molecule has 1 atom stereocenters. The van der Waals surface area contributed by atoms with Crippen molar-refractivity contribution in [3.8, 4) is 0 Å². The molecule has 2 aliphatic rings. The zero-order valence-corrected chi connectivity index (χ0v) is 21.0. The van der Waals surface area contributed by atoms with Crippen molar-refractivity contribution in [1.29, 1.82) is 0 Å². The molecule has 1 heterocycles. The van der Waals surface area contributed by atoms with Crippen LogP contribution in [-0.2, 0) is 27.5 Å². The molecule has 38 heavy (non-hydrogen) atoms. The van der Waals surface area contributed by atoms with E-state index in [4.69, 9.17) is 0 Å². The van der Waals surface area contributed by atoms with Gasteiger partial charge in [-0.1, -0.05) is 30.3 Å². The zero-order valence-electron chi connectivity index (χ0n) is 21.0. The van der Waals surface area contributed by atoms with E-state index in [1.54, 1.807) is 0 Å². The largest absolute Gasteiger partial charge is 0.416 e. The van der Waals surface area contributed by atoms with E-state index in [0.717, 1.165) is 18.4 Å². The number of alkyl halides is 6. The number of nitrogens with one attached hydrogen (secondary N) is 1. The number of hydrogen-bond acceptors (Lipinski definition) is 3. The molecule has 10 heteroatoms. The summed E-state index contributed by atoms with van der Waals surface area (Å²) in [5.74, 6) is -1.63. The van der Waals surface area contributed by atoms with Gasteiger partial charge in [-0.05, 0) is 61.9 Å². The first-order valence-corrected chi connectivity index (χ1v) is 12.7. The van der Waals surface area contributed by atoms with Gasteiger partial charge >= 0.3 is 12.4 Å². The average Bonchev–Trinajstić information content (AvgIpc) is 2.88. The third-order valence-corrected chi connectivity index (χ3v) is 7.87. The molecule has 2 fully saturated rings. The Balaban J connectivity index is 1.58. The van der Waals surface area contributed by atoms with Crippen molar-refractivity contribution in [3.63, 3.8) is 0 Å². The molecule has 0 radical (unpaired) electrons. The van der Waals surface area contributed by atoms with Gasteiger partial charge in [0.25, 0.3) is 0 Å². The van der Waals surface area contributed by atoms with Crippen molar-refractivity contribution in [2.24, 2.45) is 0 Å². The van der Waals surface area contributed by atoms with E-state index in [1.807, 2.05) is 30.3 Å². The van der Waals surface area contributed by atoms with Gasteiger partial charge in [-0.25, -0.2) is 0 Å². The predicted molar refractivity (Wildman–Crippen MR) is 129 cm³/mol. The van der Waals surface area contributed by atoms with Crippen molar-refractivity contribution in [3.05, 3.63) is 70.8 Å². The molecule has 0 spiro atoms. The number of amides is 1. The molecule has 1 saturated carbocycles. The number of carbonyl (C=O) groups is 2. The summed E-state index contributed by atoms with van der Waals surface area (Å²) in [7, 11) is 0. The zero-order chi connectivity index (χ0) is 27.7. The fraction of sp³-hybridized carbons (Fsp3) is 0.500. The Morgan fingerprint density at radius 3 is 1.95 bits per heavy atom. The number of rotatable bonds is 5. The van der Waals surface area contributed by atoms with Crippen molar-refractivity contribution in [2.75, 3.05) is 13.1 Å². The van der Waals surface area contributed by atoms with E-state index in [0.29, 0.717) is 50.9 Å². The first kappa shape index (κ1) is 28.1. The topological polar surface area (TPSA) is 49.4 Å². The second-order valence-corrected chi connectivity index (χ2v) is 10.3. The lowest BCUT2D eigenvalue weighted by Gasteiger charge is -2.45. The number of halogens is 6. The van der Waals surface area contributed by atoms with E-state index in [9.17, 15) is 35.9 Å². The first-order chi connectivity index (χ1) is 17.8. The molecule has 4 rings (SSSR count). The fourth-order valence-electron chi connectivity index (χ4n) is 5.57. The van der Waals surface area contributed by atoms with Crippen LogP contribution in [-0.4, -0.2) is 35.7 Å². The van der Waals surface area contributed by atoms with E-state index in [1.165, 1.54) is 6.92 Å². The minimum Gasteiger partial charge on any atom is -0.346 e. The van der Waals surface area contributed by atoms with Crippen LogP contribution in [0.2, 0.25) is 0 Å². The molecule has 1 N–H and O–H groups in total. The lowest BCUT2D eigenvalue weighted by Crippen LogP contribution is -2.53. The molecule has 1 aliphatic heterocycles. The van der Waals surface area contributed by atoms with Crippen LogP contribution < -0.4 is 5.32 Å². The average molecular weight is 541 g/mol. The monoisotopic (exact) mass is 540 g/mol. The highest BCUT2D eigenvalue weighted by molar-refractivity contribution is 5.84. The molecule has 4 nitrogen and oxygen atoms in total. The summed E-state index contributed by atoms with van der Waals surface area (Å²) in [6, 6.07) is 10.8. The Labute approximate surface area is 217 Å². The van der Waals surface area contributed by atoms with Crippen LogP contribution in [0.1, 0.15) is 73.6 Å². The highest BCUT2D eigenvalue weighted by Crippen LogP contribution is 2.41. The summed E-state index contributed by atoms with van der Waals surface area (Å²) in [5.41, 5.74) is -3.20. The summed E-state index contributed by atoms with van der Waals surface area (Å²) in [5, 5.41) is 3.02. The SMILES string of the molecule is C[C@H](C(=O)NC1(c2ccccc2)CCC(N2CCC(=O)CC2)CC1)c1cc(C(F)(F)F)cc(C(F)(F)F)c1. The van der Waals surface area contributed by atoms with Gasteiger partial charge in [-0.3, -0.25) is 14.5 Å². The van der Waals surface area contributed by atoms with Crippen molar-refractivity contribution in [2.45, 2.75) is 75.3 Å². The smallest absolute Gasteiger partial charge is 0.346 e. The highest BCUT2D eigenvalue weighted by atomic mass is 19.4. The molecule has 206 valence electrons. The summed E-state index contributed by atoms with van der Waals surface area (Å²) < 4.78 is 80.3. The Morgan fingerprint density at radius 1 is 0.921 bits per heavy atom. The third kappa shape index (κ3) is 6.22. The molecule has 2 aromatic carbocycles. The van der Waals surface area contributed by atoms with Crippen molar-refractivity contribution >= 4 is 11.7 Å². The summed E-state index contributed by atoms with van der Waals surface area (Å²) in [4.78, 5) is 27.3. The van der Waals surface area contributed by atoms with Crippen molar-refractivity contribution < 1.29 is 35.9 Å². The molecule has 2 aromatic rings. The number of carbonyl (C=O) groups excluding carboxylic acids is 2. The van der Waals surface area contributed by atoms with Gasteiger partial charge in [0.2, 0.25) is 5.91 Å². The molecule has 0 bridgehead atoms. The highest BCUT2D eigenvalue weighted by Gasteiger charge is 2.42. The van der Waals surface area contributed by atoms with Crippen molar-refractivity contribution in [1.82, 2.24) is 10.2 Å². The third-order valence-electron chi connectivity index (χ3n) is 7.87. The molecule has 1 saturated heterocycles. The maximum absolute atomic E-state index is 13.4. The predicted octanol–water partition coefficient (Wildman–Crippen LogP) is 6.45. The molecule has 0 aromatic heterocycles. The lowest BCUT2D eigenvalue weighted by atomic mass is 9.74. The molecular formula is C28H30F6N2O2. The van der Waals surface area contributed by atoms with Crippen LogP contribution in [0.5, 0.6) is 0 Å². The Bertz CT molecular complexity index is 1110. The lowest BCUT2D eigenvalue weighted by molar-refractivity contribution is -0.143. The number of nitrogens with zero attached hydrogens (tertiary/aromatic N) is 1. The number of ketones is 1. The summed E-state index contributed by atoms with van der Waals surface area (Å²) >= 11 is 0. The molecule has 1 amide bonds.